The van der Waals surface area contributed by atoms with E-state index in [9.17, 15) is 9.18 Å². The molecule has 1 atom stereocenters. The van der Waals surface area contributed by atoms with E-state index in [1.807, 2.05) is 13.8 Å². The maximum absolute atomic E-state index is 13.5. The van der Waals surface area contributed by atoms with Crippen molar-refractivity contribution in [2.45, 2.75) is 33.3 Å². The highest BCUT2D eigenvalue weighted by molar-refractivity contribution is 5.70. The highest BCUT2D eigenvalue weighted by Gasteiger charge is 2.19. The maximum Gasteiger partial charge on any atom is 0.306 e. The number of ether oxygens (including phenoxy) is 2. The molecule has 0 heterocycles. The number of aliphatic carboxylic acids is 1. The van der Waals surface area contributed by atoms with Crippen LogP contribution in [0.4, 0.5) is 4.39 Å². The topological polar surface area (TPSA) is 55.8 Å². The van der Waals surface area contributed by atoms with E-state index in [4.69, 9.17) is 14.6 Å². The molecule has 0 spiro atoms. The SMILES string of the molecule is COc1cc(F)cc(CC(C)C(=O)O)c1OC(C)C. The van der Waals surface area contributed by atoms with Gasteiger partial charge < -0.3 is 14.6 Å². The number of carbonyl (C=O) groups is 1. The van der Waals surface area contributed by atoms with Crippen LogP contribution in [0.3, 0.4) is 0 Å². The number of hydrogen-bond donors (Lipinski definition) is 1. The van der Waals surface area contributed by atoms with Gasteiger partial charge in [0.25, 0.3) is 0 Å². The third-order valence-corrected chi connectivity index (χ3v) is 2.62. The minimum Gasteiger partial charge on any atom is -0.493 e. The summed E-state index contributed by atoms with van der Waals surface area (Å²) in [5, 5.41) is 8.95. The molecule has 1 aromatic rings. The summed E-state index contributed by atoms with van der Waals surface area (Å²) >= 11 is 0. The van der Waals surface area contributed by atoms with Gasteiger partial charge in [-0.05, 0) is 26.3 Å². The summed E-state index contributed by atoms with van der Waals surface area (Å²) in [5.41, 5.74) is 0.500. The Kier molecular flexibility index (Phi) is 5.15. The molecule has 0 amide bonds. The molecule has 0 aromatic heterocycles. The number of methoxy groups -OCH3 is 1. The number of rotatable bonds is 6. The Morgan fingerprint density at radius 2 is 2.00 bits per heavy atom. The van der Waals surface area contributed by atoms with E-state index in [0.717, 1.165) is 0 Å². The average Bonchev–Trinajstić information content (AvgIpc) is 2.31. The zero-order valence-corrected chi connectivity index (χ0v) is 11.6. The van der Waals surface area contributed by atoms with Gasteiger partial charge in [0.2, 0.25) is 0 Å². The smallest absolute Gasteiger partial charge is 0.306 e. The van der Waals surface area contributed by atoms with Gasteiger partial charge in [-0.25, -0.2) is 4.39 Å². The second kappa shape index (κ2) is 6.41. The molecule has 0 bridgehead atoms. The van der Waals surface area contributed by atoms with Gasteiger partial charge in [0.05, 0.1) is 19.1 Å². The molecule has 0 saturated carbocycles. The third kappa shape index (κ3) is 4.12. The fourth-order valence-electron chi connectivity index (χ4n) is 1.71. The van der Waals surface area contributed by atoms with E-state index < -0.39 is 17.7 Å². The molecular formula is C14H19FO4. The van der Waals surface area contributed by atoms with E-state index >= 15 is 0 Å². The van der Waals surface area contributed by atoms with Crippen molar-refractivity contribution in [2.75, 3.05) is 7.11 Å². The summed E-state index contributed by atoms with van der Waals surface area (Å²) in [7, 11) is 1.42. The van der Waals surface area contributed by atoms with Crippen LogP contribution in [0, 0.1) is 11.7 Å². The van der Waals surface area contributed by atoms with Crippen molar-refractivity contribution >= 4 is 5.97 Å². The fourth-order valence-corrected chi connectivity index (χ4v) is 1.71. The van der Waals surface area contributed by atoms with Gasteiger partial charge in [-0.15, -0.1) is 0 Å². The van der Waals surface area contributed by atoms with E-state index in [-0.39, 0.29) is 18.3 Å². The van der Waals surface area contributed by atoms with Crippen molar-refractivity contribution in [3.8, 4) is 11.5 Å². The molecule has 0 radical (unpaired) electrons. The van der Waals surface area contributed by atoms with Crippen molar-refractivity contribution in [3.05, 3.63) is 23.5 Å². The highest BCUT2D eigenvalue weighted by Crippen LogP contribution is 2.34. The standard InChI is InChI=1S/C14H19FO4/c1-8(2)19-13-10(5-9(3)14(16)17)6-11(15)7-12(13)18-4/h6-9H,5H2,1-4H3,(H,16,17). The zero-order valence-electron chi connectivity index (χ0n) is 11.6. The second-order valence-corrected chi connectivity index (χ2v) is 4.71. The molecule has 1 N–H and O–H groups in total. The molecule has 1 unspecified atom stereocenters. The lowest BCUT2D eigenvalue weighted by atomic mass is 10.00. The maximum atomic E-state index is 13.5. The van der Waals surface area contributed by atoms with Crippen LogP contribution in [0.15, 0.2) is 12.1 Å². The van der Waals surface area contributed by atoms with Crippen molar-refractivity contribution in [3.63, 3.8) is 0 Å². The minimum atomic E-state index is -0.932. The Balaban J connectivity index is 3.18. The molecule has 0 aliphatic carbocycles. The summed E-state index contributed by atoms with van der Waals surface area (Å²) in [6.45, 7) is 5.25. The van der Waals surface area contributed by atoms with E-state index in [0.29, 0.717) is 11.3 Å². The molecule has 4 nitrogen and oxygen atoms in total. The molecule has 0 saturated heterocycles. The van der Waals surface area contributed by atoms with E-state index in [1.165, 1.54) is 19.2 Å². The van der Waals surface area contributed by atoms with Crippen molar-refractivity contribution in [1.82, 2.24) is 0 Å². The van der Waals surface area contributed by atoms with Crippen LogP contribution >= 0.6 is 0 Å². The predicted octanol–water partition coefficient (Wildman–Crippen LogP) is 2.88. The predicted molar refractivity (Wildman–Crippen MR) is 69.2 cm³/mol. The second-order valence-electron chi connectivity index (χ2n) is 4.71. The minimum absolute atomic E-state index is 0.113. The number of carboxylic acid groups (broad SMARTS) is 1. The summed E-state index contributed by atoms with van der Waals surface area (Å²) in [4.78, 5) is 10.9. The van der Waals surface area contributed by atoms with Gasteiger partial charge in [0, 0.05) is 11.6 Å². The molecular weight excluding hydrogens is 251 g/mol. The van der Waals surface area contributed by atoms with Crippen LogP contribution in [0.2, 0.25) is 0 Å². The lowest BCUT2D eigenvalue weighted by molar-refractivity contribution is -0.141. The van der Waals surface area contributed by atoms with Crippen molar-refractivity contribution in [2.24, 2.45) is 5.92 Å². The summed E-state index contributed by atoms with van der Waals surface area (Å²) in [6, 6.07) is 2.52. The Labute approximate surface area is 112 Å². The first-order chi connectivity index (χ1) is 8.85. The first-order valence-electron chi connectivity index (χ1n) is 6.11. The molecule has 1 rings (SSSR count). The average molecular weight is 270 g/mol. The zero-order chi connectivity index (χ0) is 14.6. The Morgan fingerprint density at radius 1 is 1.37 bits per heavy atom. The lowest BCUT2D eigenvalue weighted by Gasteiger charge is -2.18. The van der Waals surface area contributed by atoms with Crippen LogP contribution in [0.25, 0.3) is 0 Å². The van der Waals surface area contributed by atoms with Gasteiger partial charge in [0.1, 0.15) is 5.82 Å². The Bertz CT molecular complexity index is 457. The molecule has 5 heteroatoms. The van der Waals surface area contributed by atoms with Crippen LogP contribution in [-0.2, 0) is 11.2 Å². The van der Waals surface area contributed by atoms with Gasteiger partial charge >= 0.3 is 5.97 Å². The Morgan fingerprint density at radius 3 is 2.47 bits per heavy atom. The van der Waals surface area contributed by atoms with Gasteiger partial charge in [-0.2, -0.15) is 0 Å². The fraction of sp³-hybridized carbons (Fsp3) is 0.500. The first-order valence-corrected chi connectivity index (χ1v) is 6.11. The van der Waals surface area contributed by atoms with Gasteiger partial charge in [-0.3, -0.25) is 4.79 Å². The molecule has 1 aromatic carbocycles. The normalized spacial score (nSPS) is 12.3. The van der Waals surface area contributed by atoms with Crippen LogP contribution in [-0.4, -0.2) is 24.3 Å². The quantitative estimate of drug-likeness (QED) is 0.863. The molecule has 0 aliphatic rings. The molecule has 0 fully saturated rings. The van der Waals surface area contributed by atoms with E-state index in [1.54, 1.807) is 6.92 Å². The largest absolute Gasteiger partial charge is 0.493 e. The highest BCUT2D eigenvalue weighted by atomic mass is 19.1. The van der Waals surface area contributed by atoms with Crippen LogP contribution < -0.4 is 9.47 Å². The summed E-state index contributed by atoms with van der Waals surface area (Å²) in [5.74, 6) is -1.34. The van der Waals surface area contributed by atoms with Crippen molar-refractivity contribution in [1.29, 1.82) is 0 Å². The van der Waals surface area contributed by atoms with Gasteiger partial charge in [-0.1, -0.05) is 6.92 Å². The van der Waals surface area contributed by atoms with Crippen molar-refractivity contribution < 1.29 is 23.8 Å². The third-order valence-electron chi connectivity index (χ3n) is 2.62. The molecule has 19 heavy (non-hydrogen) atoms. The van der Waals surface area contributed by atoms with Gasteiger partial charge in [0.15, 0.2) is 11.5 Å². The monoisotopic (exact) mass is 270 g/mol. The lowest BCUT2D eigenvalue weighted by Crippen LogP contribution is -2.15. The molecule has 0 aliphatic heterocycles. The van der Waals surface area contributed by atoms with Crippen LogP contribution in [0.5, 0.6) is 11.5 Å². The number of halogens is 1. The van der Waals surface area contributed by atoms with E-state index in [2.05, 4.69) is 0 Å². The molecule has 106 valence electrons. The number of carboxylic acids is 1. The summed E-state index contributed by atoms with van der Waals surface area (Å²) < 4.78 is 24.2. The number of benzene rings is 1. The first kappa shape index (κ1) is 15.3. The Hall–Kier alpha value is -1.78. The van der Waals surface area contributed by atoms with Crippen LogP contribution in [0.1, 0.15) is 26.3 Å². The number of hydrogen-bond acceptors (Lipinski definition) is 3. The summed E-state index contributed by atoms with van der Waals surface area (Å²) in [6.07, 6.45) is 0.0733.